The predicted octanol–water partition coefficient (Wildman–Crippen LogP) is 3.42. The summed E-state index contributed by atoms with van der Waals surface area (Å²) in [5.41, 5.74) is 4.64. The second kappa shape index (κ2) is 8.42. The van der Waals surface area contributed by atoms with E-state index in [1.165, 1.54) is 23.2 Å². The topological polar surface area (TPSA) is 74.5 Å². The Hall–Kier alpha value is -2.96. The number of rotatable bonds is 7. The van der Waals surface area contributed by atoms with Crippen LogP contribution < -0.4 is 10.8 Å². The molecule has 0 saturated heterocycles. The molecule has 134 valence electrons. The molecular formula is C20H19FN2O3. The number of carbonyl (C=O) groups excluding carboxylic acids is 1. The minimum Gasteiger partial charge on any atom is -0.464 e. The molecule has 0 spiro atoms. The Morgan fingerprint density at radius 1 is 1.15 bits per heavy atom. The summed E-state index contributed by atoms with van der Waals surface area (Å²) in [5, 5.41) is 12.8. The zero-order valence-electron chi connectivity index (χ0n) is 14.0. The quantitative estimate of drug-likeness (QED) is 0.263. The molecule has 0 fully saturated rings. The van der Waals surface area contributed by atoms with Crippen molar-refractivity contribution in [2.75, 3.05) is 6.54 Å². The molecule has 1 amide bonds. The third-order valence-corrected chi connectivity index (χ3v) is 4.03. The highest BCUT2D eigenvalue weighted by atomic mass is 19.1. The third kappa shape index (κ3) is 4.56. The van der Waals surface area contributed by atoms with Gasteiger partial charge in [0.25, 0.3) is 5.91 Å². The Balaban J connectivity index is 1.50. The number of carbonyl (C=O) groups is 1. The fraction of sp³-hybridized carbons (Fsp3) is 0.150. The second-order valence-electron chi connectivity index (χ2n) is 5.88. The summed E-state index contributed by atoms with van der Waals surface area (Å²) in [7, 11) is 0. The Bertz CT molecular complexity index is 934. The van der Waals surface area contributed by atoms with Crippen LogP contribution in [0.4, 0.5) is 4.39 Å². The van der Waals surface area contributed by atoms with Crippen LogP contribution in [0.3, 0.4) is 0 Å². The van der Waals surface area contributed by atoms with Gasteiger partial charge in [0.2, 0.25) is 0 Å². The van der Waals surface area contributed by atoms with E-state index in [9.17, 15) is 9.18 Å². The van der Waals surface area contributed by atoms with E-state index in [1.54, 1.807) is 18.4 Å². The molecule has 0 aliphatic heterocycles. The first-order valence-corrected chi connectivity index (χ1v) is 8.23. The monoisotopic (exact) mass is 354 g/mol. The van der Waals surface area contributed by atoms with Crippen molar-refractivity contribution in [3.8, 4) is 0 Å². The van der Waals surface area contributed by atoms with Gasteiger partial charge in [-0.3, -0.25) is 10.0 Å². The Labute approximate surface area is 150 Å². The number of hydrogen-bond donors (Lipinski definition) is 3. The number of hydroxylamine groups is 1. The summed E-state index contributed by atoms with van der Waals surface area (Å²) >= 11 is 0. The molecule has 0 unspecified atom stereocenters. The van der Waals surface area contributed by atoms with Crippen molar-refractivity contribution in [3.05, 3.63) is 77.3 Å². The first-order chi connectivity index (χ1) is 12.7. The van der Waals surface area contributed by atoms with Crippen LogP contribution >= 0.6 is 0 Å². The van der Waals surface area contributed by atoms with Gasteiger partial charge in [-0.25, -0.2) is 9.87 Å². The number of benzene rings is 2. The van der Waals surface area contributed by atoms with E-state index in [0.717, 1.165) is 35.6 Å². The number of fused-ring (bicyclic) bond motifs is 1. The highest BCUT2D eigenvalue weighted by Crippen LogP contribution is 2.17. The molecule has 0 radical (unpaired) electrons. The third-order valence-electron chi connectivity index (χ3n) is 4.03. The highest BCUT2D eigenvalue weighted by molar-refractivity contribution is 5.90. The minimum atomic E-state index is -0.705. The first kappa shape index (κ1) is 17.8. The second-order valence-corrected chi connectivity index (χ2v) is 5.88. The summed E-state index contributed by atoms with van der Waals surface area (Å²) in [5.74, 6) is -1.12. The number of amides is 1. The van der Waals surface area contributed by atoms with Gasteiger partial charge in [-0.1, -0.05) is 18.2 Å². The number of halogens is 1. The van der Waals surface area contributed by atoms with Gasteiger partial charge in [0.1, 0.15) is 11.4 Å². The van der Waals surface area contributed by atoms with Gasteiger partial charge in [-0.15, -0.1) is 0 Å². The highest BCUT2D eigenvalue weighted by Gasteiger charge is 2.03. The zero-order valence-corrected chi connectivity index (χ0v) is 14.0. The smallest absolute Gasteiger partial charge is 0.267 e. The van der Waals surface area contributed by atoms with Crippen LogP contribution in [0.15, 0.2) is 59.2 Å². The van der Waals surface area contributed by atoms with Crippen LogP contribution in [0.1, 0.15) is 16.7 Å². The summed E-state index contributed by atoms with van der Waals surface area (Å²) in [6, 6.07) is 12.9. The molecular weight excluding hydrogens is 335 g/mol. The Kier molecular flexibility index (Phi) is 5.78. The van der Waals surface area contributed by atoms with Crippen LogP contribution in [-0.2, 0) is 17.8 Å². The zero-order chi connectivity index (χ0) is 18.4. The molecule has 3 aromatic rings. The Morgan fingerprint density at radius 3 is 2.81 bits per heavy atom. The SMILES string of the molecule is O=C(/C=C/c1ccc(CNCCc2ccc3occc3c2)cc1F)NO. The van der Waals surface area contributed by atoms with Crippen LogP contribution in [-0.4, -0.2) is 17.7 Å². The lowest BCUT2D eigenvalue weighted by atomic mass is 10.1. The molecule has 0 bridgehead atoms. The maximum absolute atomic E-state index is 14.0. The standard InChI is InChI=1S/C20H19FN2O3/c21-18-12-15(1-3-16(18)4-6-20(24)23-25)13-22-9-7-14-2-5-19-17(11-14)8-10-26-19/h1-6,8,10-12,22,25H,7,9,13H2,(H,23,24)/b6-4+. The van der Waals surface area contributed by atoms with Crippen molar-refractivity contribution < 1.29 is 18.8 Å². The van der Waals surface area contributed by atoms with Crippen LogP contribution in [0, 0.1) is 5.82 Å². The van der Waals surface area contributed by atoms with Crippen LogP contribution in [0.25, 0.3) is 17.0 Å². The first-order valence-electron chi connectivity index (χ1n) is 8.23. The molecule has 3 N–H and O–H groups in total. The average molecular weight is 354 g/mol. The normalized spacial score (nSPS) is 11.3. The van der Waals surface area contributed by atoms with Crippen molar-refractivity contribution >= 4 is 23.0 Å². The van der Waals surface area contributed by atoms with Crippen LogP contribution in [0.2, 0.25) is 0 Å². The summed E-state index contributed by atoms with van der Waals surface area (Å²) in [6.45, 7) is 1.31. The van der Waals surface area contributed by atoms with Gasteiger partial charge in [0, 0.05) is 23.6 Å². The van der Waals surface area contributed by atoms with Gasteiger partial charge in [-0.05, 0) is 54.4 Å². The molecule has 5 nitrogen and oxygen atoms in total. The molecule has 1 heterocycles. The number of hydrogen-bond acceptors (Lipinski definition) is 4. The molecule has 6 heteroatoms. The molecule has 2 aromatic carbocycles. The van der Waals surface area contributed by atoms with E-state index in [2.05, 4.69) is 11.4 Å². The molecule has 0 atom stereocenters. The predicted molar refractivity (Wildman–Crippen MR) is 97.0 cm³/mol. The van der Waals surface area contributed by atoms with Crippen molar-refractivity contribution in [1.82, 2.24) is 10.8 Å². The van der Waals surface area contributed by atoms with Gasteiger partial charge in [-0.2, -0.15) is 0 Å². The number of nitrogens with one attached hydrogen (secondary N) is 2. The molecule has 3 rings (SSSR count). The fourth-order valence-electron chi connectivity index (χ4n) is 2.66. The average Bonchev–Trinajstić information content (AvgIpc) is 3.12. The lowest BCUT2D eigenvalue weighted by Crippen LogP contribution is -2.16. The van der Waals surface area contributed by atoms with Crippen molar-refractivity contribution in [1.29, 1.82) is 0 Å². The van der Waals surface area contributed by atoms with E-state index >= 15 is 0 Å². The summed E-state index contributed by atoms with van der Waals surface area (Å²) < 4.78 is 19.3. The largest absolute Gasteiger partial charge is 0.464 e. The molecule has 26 heavy (non-hydrogen) atoms. The molecule has 0 aliphatic carbocycles. The lowest BCUT2D eigenvalue weighted by molar-refractivity contribution is -0.124. The maximum atomic E-state index is 14.0. The van der Waals surface area contributed by atoms with Crippen molar-refractivity contribution in [3.63, 3.8) is 0 Å². The molecule has 0 aliphatic rings. The lowest BCUT2D eigenvalue weighted by Gasteiger charge is -2.07. The van der Waals surface area contributed by atoms with Gasteiger partial charge in [0.15, 0.2) is 0 Å². The maximum Gasteiger partial charge on any atom is 0.267 e. The van der Waals surface area contributed by atoms with E-state index in [4.69, 9.17) is 9.62 Å². The minimum absolute atomic E-state index is 0.283. The van der Waals surface area contributed by atoms with Crippen LogP contribution in [0.5, 0.6) is 0 Å². The Morgan fingerprint density at radius 2 is 2.00 bits per heavy atom. The van der Waals surface area contributed by atoms with Gasteiger partial charge in [0.05, 0.1) is 6.26 Å². The van der Waals surface area contributed by atoms with Gasteiger partial charge >= 0.3 is 0 Å². The van der Waals surface area contributed by atoms with E-state index in [-0.39, 0.29) is 5.56 Å². The molecule has 1 aromatic heterocycles. The summed E-state index contributed by atoms with van der Waals surface area (Å²) in [4.78, 5) is 10.9. The van der Waals surface area contributed by atoms with E-state index in [1.807, 2.05) is 18.2 Å². The molecule has 0 saturated carbocycles. The van der Waals surface area contributed by atoms with E-state index < -0.39 is 11.7 Å². The summed E-state index contributed by atoms with van der Waals surface area (Å²) in [6.07, 6.45) is 4.91. The van der Waals surface area contributed by atoms with Crippen molar-refractivity contribution in [2.24, 2.45) is 0 Å². The van der Waals surface area contributed by atoms with Crippen molar-refractivity contribution in [2.45, 2.75) is 13.0 Å². The van der Waals surface area contributed by atoms with E-state index in [0.29, 0.717) is 6.54 Å². The number of furan rings is 1. The van der Waals surface area contributed by atoms with Gasteiger partial charge < -0.3 is 9.73 Å². The fourth-order valence-corrected chi connectivity index (χ4v) is 2.66.